The first-order valence-corrected chi connectivity index (χ1v) is 15.9. The van der Waals surface area contributed by atoms with E-state index in [1.54, 1.807) is 6.07 Å². The van der Waals surface area contributed by atoms with Crippen LogP contribution < -0.4 is 20.9 Å². The van der Waals surface area contributed by atoms with Crippen LogP contribution in [0.25, 0.3) is 0 Å². The largest absolute Gasteiger partial charge is 0.380 e. The number of fused-ring (bicyclic) bond motifs is 1. The number of carbonyl (C=O) groups is 1. The zero-order valence-electron chi connectivity index (χ0n) is 23.8. The molecule has 4 heterocycles. The molecule has 4 N–H and O–H groups in total. The second-order valence-electron chi connectivity index (χ2n) is 11.1. The predicted octanol–water partition coefficient (Wildman–Crippen LogP) is 3.08. The molecule has 1 amide bonds. The molecule has 3 aliphatic heterocycles. The lowest BCUT2D eigenvalue weighted by molar-refractivity contribution is 0.102. The van der Waals surface area contributed by atoms with E-state index in [2.05, 4.69) is 38.0 Å². The van der Waals surface area contributed by atoms with E-state index in [4.69, 9.17) is 4.74 Å². The maximum atomic E-state index is 13.8. The van der Waals surface area contributed by atoms with Gasteiger partial charge in [0.15, 0.2) is 5.82 Å². The minimum absolute atomic E-state index is 0.0681. The van der Waals surface area contributed by atoms with E-state index in [1.165, 1.54) is 0 Å². The molecular weight excluding hydrogens is 580 g/mol. The Morgan fingerprint density at radius 2 is 1.88 bits per heavy atom. The van der Waals surface area contributed by atoms with E-state index < -0.39 is 32.5 Å². The zero-order chi connectivity index (χ0) is 30.1. The summed E-state index contributed by atoms with van der Waals surface area (Å²) in [6.07, 6.45) is 2.44. The summed E-state index contributed by atoms with van der Waals surface area (Å²) < 4.78 is 60.7. The highest BCUT2D eigenvalue weighted by molar-refractivity contribution is 7.89. The summed E-state index contributed by atoms with van der Waals surface area (Å²) >= 11 is 0. The number of amides is 1. The third-order valence-electron chi connectivity index (χ3n) is 8.31. The van der Waals surface area contributed by atoms with E-state index in [1.807, 2.05) is 12.1 Å². The van der Waals surface area contributed by atoms with Gasteiger partial charge in [0.05, 0.1) is 23.7 Å². The highest BCUT2D eigenvalue weighted by Gasteiger charge is 2.32. The molecule has 3 aromatic rings. The van der Waals surface area contributed by atoms with Crippen LogP contribution in [0.15, 0.2) is 41.3 Å². The van der Waals surface area contributed by atoms with Crippen LogP contribution in [-0.2, 0) is 27.7 Å². The Bertz CT molecular complexity index is 1580. The summed E-state index contributed by atoms with van der Waals surface area (Å²) in [6.45, 7) is 5.81. The van der Waals surface area contributed by atoms with Crippen LogP contribution in [0, 0.1) is 11.6 Å². The quantitative estimate of drug-likeness (QED) is 0.304. The fourth-order valence-corrected chi connectivity index (χ4v) is 7.38. The van der Waals surface area contributed by atoms with Crippen molar-refractivity contribution in [2.45, 2.75) is 49.7 Å². The first kappa shape index (κ1) is 29.5. The number of ether oxygens (including phenoxy) is 1. The molecule has 230 valence electrons. The molecule has 0 saturated carbocycles. The lowest BCUT2D eigenvalue weighted by atomic mass is 10.0. The van der Waals surface area contributed by atoms with Crippen LogP contribution in [-0.4, -0.2) is 80.3 Å². The number of sulfonamides is 1. The number of hydrogen-bond acceptors (Lipinski definition) is 8. The van der Waals surface area contributed by atoms with Gasteiger partial charge in [0, 0.05) is 73.4 Å². The number of morpholine rings is 1. The molecule has 3 aliphatic rings. The van der Waals surface area contributed by atoms with Crippen LogP contribution in [0.5, 0.6) is 0 Å². The van der Waals surface area contributed by atoms with Crippen molar-refractivity contribution in [1.82, 2.24) is 19.8 Å². The summed E-state index contributed by atoms with van der Waals surface area (Å²) in [5.74, 6) is -2.15. The Balaban J connectivity index is 1.24. The second-order valence-corrected chi connectivity index (χ2v) is 13.1. The average molecular weight is 616 g/mol. The van der Waals surface area contributed by atoms with E-state index in [0.29, 0.717) is 48.2 Å². The highest BCUT2D eigenvalue weighted by atomic mass is 32.2. The summed E-state index contributed by atoms with van der Waals surface area (Å²) in [4.78, 5) is 15.5. The molecule has 2 fully saturated rings. The SMILES string of the molecule is C[C@@H](Nc1cc(N2CCOCC2)ccc1C(=O)Nc1n[nH]c2c1CN(S(=O)(=O)c1cc(F)cc(F)c1)CC2)C1CCCN1. The Morgan fingerprint density at radius 1 is 1.12 bits per heavy atom. The van der Waals surface area contributed by atoms with Gasteiger partial charge in [-0.1, -0.05) is 0 Å². The van der Waals surface area contributed by atoms with Gasteiger partial charge in [-0.15, -0.1) is 0 Å². The van der Waals surface area contributed by atoms with Gasteiger partial charge in [-0.2, -0.15) is 9.40 Å². The summed E-state index contributed by atoms with van der Waals surface area (Å²) in [7, 11) is -4.20. The van der Waals surface area contributed by atoms with Crippen molar-refractivity contribution in [3.8, 4) is 0 Å². The van der Waals surface area contributed by atoms with Gasteiger partial charge < -0.3 is 25.6 Å². The lowest BCUT2D eigenvalue weighted by Gasteiger charge is -2.30. The number of nitrogens with one attached hydrogen (secondary N) is 4. The first-order chi connectivity index (χ1) is 20.7. The molecular formula is C29H35F2N7O4S. The number of aromatic amines is 1. The third kappa shape index (κ3) is 6.23. The van der Waals surface area contributed by atoms with Gasteiger partial charge >= 0.3 is 0 Å². The Hall–Kier alpha value is -3.59. The normalized spacial score (nSPS) is 20.1. The summed E-state index contributed by atoms with van der Waals surface area (Å²) in [5.41, 5.74) is 3.29. The van der Waals surface area contributed by atoms with Crippen molar-refractivity contribution in [2.75, 3.05) is 54.9 Å². The van der Waals surface area contributed by atoms with Gasteiger partial charge in [0.1, 0.15) is 11.6 Å². The molecule has 43 heavy (non-hydrogen) atoms. The molecule has 0 radical (unpaired) electrons. The molecule has 1 aromatic heterocycles. The Morgan fingerprint density at radius 3 is 2.60 bits per heavy atom. The van der Waals surface area contributed by atoms with E-state index >= 15 is 0 Å². The molecule has 14 heteroatoms. The second kappa shape index (κ2) is 12.2. The number of aromatic nitrogens is 2. The molecule has 2 saturated heterocycles. The van der Waals surface area contributed by atoms with Crippen molar-refractivity contribution >= 4 is 33.1 Å². The van der Waals surface area contributed by atoms with Gasteiger partial charge in [-0.3, -0.25) is 9.89 Å². The van der Waals surface area contributed by atoms with Crippen LogP contribution >= 0.6 is 0 Å². The van der Waals surface area contributed by atoms with Gasteiger partial charge in [0.2, 0.25) is 10.0 Å². The van der Waals surface area contributed by atoms with E-state index in [0.717, 1.165) is 54.6 Å². The number of carbonyl (C=O) groups excluding carboxylic acids is 1. The maximum Gasteiger partial charge on any atom is 0.258 e. The number of nitrogens with zero attached hydrogens (tertiary/aromatic N) is 3. The van der Waals surface area contributed by atoms with E-state index in [9.17, 15) is 22.0 Å². The fourth-order valence-electron chi connectivity index (χ4n) is 5.93. The lowest BCUT2D eigenvalue weighted by Crippen LogP contribution is -2.39. The molecule has 2 aromatic carbocycles. The predicted molar refractivity (Wildman–Crippen MR) is 158 cm³/mol. The Kier molecular flexibility index (Phi) is 8.36. The molecule has 11 nitrogen and oxygen atoms in total. The number of H-pyrrole nitrogens is 1. The minimum atomic E-state index is -4.20. The average Bonchev–Trinajstić information content (AvgIpc) is 3.68. The molecule has 2 atom stereocenters. The zero-order valence-corrected chi connectivity index (χ0v) is 24.6. The van der Waals surface area contributed by atoms with Crippen molar-refractivity contribution in [3.05, 3.63) is 64.9 Å². The van der Waals surface area contributed by atoms with Crippen LogP contribution in [0.3, 0.4) is 0 Å². The monoisotopic (exact) mass is 615 g/mol. The van der Waals surface area contributed by atoms with Crippen LogP contribution in [0.2, 0.25) is 0 Å². The number of benzene rings is 2. The third-order valence-corrected chi connectivity index (χ3v) is 10.1. The topological polar surface area (TPSA) is 132 Å². The molecule has 1 unspecified atom stereocenters. The number of anilines is 3. The van der Waals surface area contributed by atoms with Crippen molar-refractivity contribution in [1.29, 1.82) is 0 Å². The van der Waals surface area contributed by atoms with Gasteiger partial charge in [0.25, 0.3) is 5.91 Å². The van der Waals surface area contributed by atoms with Crippen LogP contribution in [0.4, 0.5) is 26.0 Å². The minimum Gasteiger partial charge on any atom is -0.380 e. The van der Waals surface area contributed by atoms with Crippen molar-refractivity contribution < 1.29 is 26.7 Å². The molecule has 0 aliphatic carbocycles. The highest BCUT2D eigenvalue weighted by Crippen LogP contribution is 2.31. The van der Waals surface area contributed by atoms with Crippen molar-refractivity contribution in [3.63, 3.8) is 0 Å². The molecule has 0 bridgehead atoms. The first-order valence-electron chi connectivity index (χ1n) is 14.5. The standard InChI is InChI=1S/C29H35F2N7O4S/c1-18(25-3-2-7-32-25)33-27-16-21(37-9-11-42-12-10-37)4-5-23(27)29(39)34-28-24-17-38(8-6-26(24)35-36-28)43(40,41)22-14-19(30)13-20(31)15-22/h4-5,13-16,18,25,32-33H,2-3,6-12,17H2,1H3,(H2,34,35,36,39)/t18-,25?/m1/s1. The van der Waals surface area contributed by atoms with Crippen LogP contribution in [0.1, 0.15) is 41.4 Å². The van der Waals surface area contributed by atoms with Gasteiger partial charge in [-0.05, 0) is 56.6 Å². The summed E-state index contributed by atoms with van der Waals surface area (Å²) in [6, 6.07) is 8.24. The summed E-state index contributed by atoms with van der Waals surface area (Å²) in [5, 5.41) is 17.1. The number of halogens is 2. The van der Waals surface area contributed by atoms with E-state index in [-0.39, 0.29) is 31.0 Å². The maximum absolute atomic E-state index is 13.8. The van der Waals surface area contributed by atoms with Gasteiger partial charge in [-0.25, -0.2) is 17.2 Å². The Labute approximate surface area is 249 Å². The number of hydrogen-bond donors (Lipinski definition) is 4. The molecule has 6 rings (SSSR count). The molecule has 0 spiro atoms. The smallest absolute Gasteiger partial charge is 0.258 e. The van der Waals surface area contributed by atoms with Crippen molar-refractivity contribution in [2.24, 2.45) is 0 Å². The fraction of sp³-hybridized carbons (Fsp3) is 0.448. The number of rotatable bonds is 8.